The standard InChI is InChI=1S/C12H23NO3/c1-12(2)15-8-11(9-16-12)13-5-3-10-4-6-14-7-10/h10-11,13H,3-9H2,1-2H3. The van der Waals surface area contributed by atoms with Crippen molar-refractivity contribution in [2.45, 2.75) is 38.5 Å². The summed E-state index contributed by atoms with van der Waals surface area (Å²) in [4.78, 5) is 0. The van der Waals surface area contributed by atoms with E-state index < -0.39 is 5.79 Å². The van der Waals surface area contributed by atoms with Crippen molar-refractivity contribution in [3.8, 4) is 0 Å². The van der Waals surface area contributed by atoms with Crippen LogP contribution >= 0.6 is 0 Å². The molecular formula is C12H23NO3. The summed E-state index contributed by atoms with van der Waals surface area (Å²) >= 11 is 0. The van der Waals surface area contributed by atoms with Gasteiger partial charge < -0.3 is 19.5 Å². The normalized spacial score (nSPS) is 30.8. The topological polar surface area (TPSA) is 39.7 Å². The Labute approximate surface area is 97.6 Å². The third-order valence-corrected chi connectivity index (χ3v) is 3.27. The molecule has 4 heteroatoms. The molecule has 0 aromatic heterocycles. The van der Waals surface area contributed by atoms with Crippen LogP contribution < -0.4 is 5.32 Å². The lowest BCUT2D eigenvalue weighted by Gasteiger charge is -2.35. The van der Waals surface area contributed by atoms with Crippen LogP contribution in [0.15, 0.2) is 0 Å². The molecule has 1 N–H and O–H groups in total. The highest BCUT2D eigenvalue weighted by atomic mass is 16.7. The lowest BCUT2D eigenvalue weighted by Crippen LogP contribution is -2.48. The van der Waals surface area contributed by atoms with Gasteiger partial charge in [0.05, 0.1) is 19.3 Å². The Kier molecular flexibility index (Phi) is 4.19. The zero-order valence-corrected chi connectivity index (χ0v) is 10.3. The predicted octanol–water partition coefficient (Wildman–Crippen LogP) is 1.15. The zero-order valence-electron chi connectivity index (χ0n) is 10.3. The molecule has 2 aliphatic rings. The molecule has 0 aromatic carbocycles. The molecule has 0 radical (unpaired) electrons. The van der Waals surface area contributed by atoms with E-state index in [1.165, 1.54) is 12.8 Å². The molecule has 16 heavy (non-hydrogen) atoms. The Morgan fingerprint density at radius 1 is 1.19 bits per heavy atom. The van der Waals surface area contributed by atoms with Crippen molar-refractivity contribution in [3.05, 3.63) is 0 Å². The lowest BCUT2D eigenvalue weighted by atomic mass is 10.1. The van der Waals surface area contributed by atoms with Crippen LogP contribution in [0.3, 0.4) is 0 Å². The lowest BCUT2D eigenvalue weighted by molar-refractivity contribution is -0.252. The molecule has 4 nitrogen and oxygen atoms in total. The van der Waals surface area contributed by atoms with Gasteiger partial charge >= 0.3 is 0 Å². The molecule has 0 amide bonds. The van der Waals surface area contributed by atoms with Crippen molar-refractivity contribution in [3.63, 3.8) is 0 Å². The molecule has 0 spiro atoms. The molecule has 2 heterocycles. The molecule has 2 rings (SSSR count). The molecule has 1 atom stereocenters. The van der Waals surface area contributed by atoms with E-state index in [0.29, 0.717) is 6.04 Å². The average molecular weight is 229 g/mol. The summed E-state index contributed by atoms with van der Waals surface area (Å²) in [6.07, 6.45) is 2.41. The summed E-state index contributed by atoms with van der Waals surface area (Å²) in [5.41, 5.74) is 0. The van der Waals surface area contributed by atoms with Crippen LogP contribution in [0, 0.1) is 5.92 Å². The minimum Gasteiger partial charge on any atom is -0.381 e. The van der Waals surface area contributed by atoms with E-state index in [9.17, 15) is 0 Å². The van der Waals surface area contributed by atoms with Crippen LogP contribution in [-0.4, -0.2) is 44.8 Å². The number of nitrogens with one attached hydrogen (secondary N) is 1. The Morgan fingerprint density at radius 2 is 1.94 bits per heavy atom. The van der Waals surface area contributed by atoms with Crippen LogP contribution in [0.25, 0.3) is 0 Å². The molecule has 2 saturated heterocycles. The van der Waals surface area contributed by atoms with E-state index in [2.05, 4.69) is 5.32 Å². The summed E-state index contributed by atoms with van der Waals surface area (Å²) < 4.78 is 16.5. The van der Waals surface area contributed by atoms with Crippen LogP contribution in [0.2, 0.25) is 0 Å². The van der Waals surface area contributed by atoms with Gasteiger partial charge in [-0.15, -0.1) is 0 Å². The molecule has 0 bridgehead atoms. The number of hydrogen-bond donors (Lipinski definition) is 1. The fraction of sp³-hybridized carbons (Fsp3) is 1.00. The van der Waals surface area contributed by atoms with Crippen LogP contribution in [-0.2, 0) is 14.2 Å². The minimum absolute atomic E-state index is 0.343. The summed E-state index contributed by atoms with van der Waals surface area (Å²) in [6.45, 7) is 8.31. The van der Waals surface area contributed by atoms with E-state index >= 15 is 0 Å². The largest absolute Gasteiger partial charge is 0.381 e. The first kappa shape index (κ1) is 12.3. The smallest absolute Gasteiger partial charge is 0.162 e. The number of ether oxygens (including phenoxy) is 3. The van der Waals surface area contributed by atoms with Gasteiger partial charge in [-0.05, 0) is 39.2 Å². The van der Waals surface area contributed by atoms with Gasteiger partial charge in [0.25, 0.3) is 0 Å². The van der Waals surface area contributed by atoms with Crippen molar-refractivity contribution in [2.75, 3.05) is 33.0 Å². The molecule has 94 valence electrons. The fourth-order valence-electron chi connectivity index (χ4n) is 2.11. The van der Waals surface area contributed by atoms with Crippen molar-refractivity contribution < 1.29 is 14.2 Å². The zero-order chi connectivity index (χ0) is 11.4. The van der Waals surface area contributed by atoms with E-state index in [0.717, 1.165) is 38.9 Å². The predicted molar refractivity (Wildman–Crippen MR) is 61.3 cm³/mol. The third kappa shape index (κ3) is 3.70. The van der Waals surface area contributed by atoms with Gasteiger partial charge in [-0.1, -0.05) is 0 Å². The SMILES string of the molecule is CC1(C)OCC(NCCC2CCOC2)CO1. The van der Waals surface area contributed by atoms with Gasteiger partial charge in [-0.3, -0.25) is 0 Å². The average Bonchev–Trinajstić information content (AvgIpc) is 2.73. The summed E-state index contributed by atoms with van der Waals surface area (Å²) in [5.74, 6) is 0.340. The fourth-order valence-corrected chi connectivity index (χ4v) is 2.11. The van der Waals surface area contributed by atoms with E-state index in [1.807, 2.05) is 13.8 Å². The van der Waals surface area contributed by atoms with Crippen molar-refractivity contribution in [1.82, 2.24) is 5.32 Å². The van der Waals surface area contributed by atoms with Crippen LogP contribution in [0.5, 0.6) is 0 Å². The Morgan fingerprint density at radius 3 is 2.56 bits per heavy atom. The number of rotatable bonds is 4. The molecule has 1 unspecified atom stereocenters. The van der Waals surface area contributed by atoms with Crippen molar-refractivity contribution in [2.24, 2.45) is 5.92 Å². The number of hydrogen-bond acceptors (Lipinski definition) is 4. The second-order valence-corrected chi connectivity index (χ2v) is 5.19. The Balaban J connectivity index is 1.56. The molecule has 2 aliphatic heterocycles. The first-order valence-corrected chi connectivity index (χ1v) is 6.25. The van der Waals surface area contributed by atoms with Gasteiger partial charge in [0, 0.05) is 13.2 Å². The van der Waals surface area contributed by atoms with Crippen LogP contribution in [0.1, 0.15) is 26.7 Å². The Bertz CT molecular complexity index is 204. The second kappa shape index (κ2) is 5.45. The van der Waals surface area contributed by atoms with Gasteiger partial charge in [-0.2, -0.15) is 0 Å². The molecule has 0 aliphatic carbocycles. The summed E-state index contributed by atoms with van der Waals surface area (Å²) in [6, 6.07) is 0.343. The maximum atomic E-state index is 5.59. The monoisotopic (exact) mass is 229 g/mol. The quantitative estimate of drug-likeness (QED) is 0.785. The molecule has 0 saturated carbocycles. The third-order valence-electron chi connectivity index (χ3n) is 3.27. The summed E-state index contributed by atoms with van der Waals surface area (Å²) in [5, 5.41) is 3.48. The first-order chi connectivity index (χ1) is 7.66. The summed E-state index contributed by atoms with van der Waals surface area (Å²) in [7, 11) is 0. The van der Waals surface area contributed by atoms with E-state index in [4.69, 9.17) is 14.2 Å². The van der Waals surface area contributed by atoms with E-state index in [-0.39, 0.29) is 0 Å². The highest BCUT2D eigenvalue weighted by Gasteiger charge is 2.28. The van der Waals surface area contributed by atoms with Gasteiger partial charge in [0.15, 0.2) is 5.79 Å². The second-order valence-electron chi connectivity index (χ2n) is 5.19. The highest BCUT2D eigenvalue weighted by Crippen LogP contribution is 2.18. The minimum atomic E-state index is -0.405. The van der Waals surface area contributed by atoms with E-state index in [1.54, 1.807) is 0 Å². The molecule has 2 fully saturated rings. The van der Waals surface area contributed by atoms with Gasteiger partial charge in [-0.25, -0.2) is 0 Å². The first-order valence-electron chi connectivity index (χ1n) is 6.25. The Hall–Kier alpha value is -0.160. The van der Waals surface area contributed by atoms with Crippen LogP contribution in [0.4, 0.5) is 0 Å². The van der Waals surface area contributed by atoms with Gasteiger partial charge in [0.2, 0.25) is 0 Å². The van der Waals surface area contributed by atoms with Crippen molar-refractivity contribution >= 4 is 0 Å². The van der Waals surface area contributed by atoms with Gasteiger partial charge in [0.1, 0.15) is 0 Å². The van der Waals surface area contributed by atoms with Crippen molar-refractivity contribution in [1.29, 1.82) is 0 Å². The maximum Gasteiger partial charge on any atom is 0.162 e. The molecule has 0 aromatic rings. The highest BCUT2D eigenvalue weighted by molar-refractivity contribution is 4.74. The molecular weight excluding hydrogens is 206 g/mol. The maximum absolute atomic E-state index is 5.59.